The molecule has 2 heterocycles. The van der Waals surface area contributed by atoms with Crippen molar-refractivity contribution >= 4 is 23.2 Å². The zero-order chi connectivity index (χ0) is 12.4. The largest absolute Gasteiger partial charge is 0.481 e. The number of thiophene rings is 1. The van der Waals surface area contributed by atoms with E-state index in [1.165, 1.54) is 4.88 Å². The Bertz CT molecular complexity index is 441. The molecule has 5 heteroatoms. The zero-order valence-electron chi connectivity index (χ0n) is 9.68. The number of amides is 1. The minimum Gasteiger partial charge on any atom is -0.481 e. The molecule has 1 aromatic rings. The van der Waals surface area contributed by atoms with Crippen molar-refractivity contribution in [2.24, 2.45) is 5.92 Å². The summed E-state index contributed by atoms with van der Waals surface area (Å²) >= 11 is 1.62. The fraction of sp³-hybridized carbons (Fsp3) is 0.500. The number of rotatable bonds is 3. The molecule has 92 valence electrons. The van der Waals surface area contributed by atoms with E-state index < -0.39 is 5.97 Å². The standard InChI is InChI=1S/C12H15NO3S/c1-8-2-3-10(17-8)6-11(14)13-5-4-9(7-13)12(15)16/h2-3,9H,4-7H2,1H3,(H,15,16). The molecule has 0 spiro atoms. The average molecular weight is 253 g/mol. The number of hydrogen-bond donors (Lipinski definition) is 1. The molecule has 1 atom stereocenters. The van der Waals surface area contributed by atoms with Gasteiger partial charge in [-0.3, -0.25) is 9.59 Å². The van der Waals surface area contributed by atoms with Gasteiger partial charge in [0, 0.05) is 22.8 Å². The molecule has 0 aliphatic carbocycles. The molecule has 0 saturated carbocycles. The average Bonchev–Trinajstić information content (AvgIpc) is 2.86. The Balaban J connectivity index is 1.91. The minimum atomic E-state index is -0.799. The summed E-state index contributed by atoms with van der Waals surface area (Å²) in [5.74, 6) is -1.15. The van der Waals surface area contributed by atoms with Crippen molar-refractivity contribution in [2.75, 3.05) is 13.1 Å². The maximum atomic E-state index is 11.9. The Hall–Kier alpha value is -1.36. The highest BCUT2D eigenvalue weighted by atomic mass is 32.1. The van der Waals surface area contributed by atoms with Crippen LogP contribution in [0.3, 0.4) is 0 Å². The van der Waals surface area contributed by atoms with E-state index in [0.29, 0.717) is 25.9 Å². The second kappa shape index (κ2) is 4.87. The second-order valence-electron chi connectivity index (χ2n) is 4.35. The molecule has 0 bridgehead atoms. The van der Waals surface area contributed by atoms with E-state index in [-0.39, 0.29) is 11.8 Å². The van der Waals surface area contributed by atoms with Gasteiger partial charge in [0.2, 0.25) is 5.91 Å². The van der Waals surface area contributed by atoms with Crippen molar-refractivity contribution in [3.05, 3.63) is 21.9 Å². The molecule has 1 fully saturated rings. The van der Waals surface area contributed by atoms with Gasteiger partial charge in [0.25, 0.3) is 0 Å². The molecule has 1 aliphatic heterocycles. The quantitative estimate of drug-likeness (QED) is 0.888. The number of nitrogens with zero attached hydrogens (tertiary/aromatic N) is 1. The van der Waals surface area contributed by atoms with E-state index in [0.717, 1.165) is 4.88 Å². The lowest BCUT2D eigenvalue weighted by molar-refractivity contribution is -0.141. The van der Waals surface area contributed by atoms with Crippen LogP contribution < -0.4 is 0 Å². The predicted molar refractivity (Wildman–Crippen MR) is 65.1 cm³/mol. The SMILES string of the molecule is Cc1ccc(CC(=O)N2CCC(C(=O)O)C2)s1. The van der Waals surface area contributed by atoms with E-state index in [2.05, 4.69) is 0 Å². The van der Waals surface area contributed by atoms with Crippen molar-refractivity contribution in [3.8, 4) is 0 Å². The van der Waals surface area contributed by atoms with Gasteiger partial charge in [-0.15, -0.1) is 11.3 Å². The number of likely N-dealkylation sites (tertiary alicyclic amines) is 1. The zero-order valence-corrected chi connectivity index (χ0v) is 10.5. The van der Waals surface area contributed by atoms with Crippen LogP contribution in [0.2, 0.25) is 0 Å². The van der Waals surface area contributed by atoms with Gasteiger partial charge in [0.05, 0.1) is 12.3 Å². The number of carbonyl (C=O) groups excluding carboxylic acids is 1. The first kappa shape index (κ1) is 12.1. The third kappa shape index (κ3) is 2.85. The maximum absolute atomic E-state index is 11.9. The third-order valence-corrected chi connectivity index (χ3v) is 4.01. The van der Waals surface area contributed by atoms with Gasteiger partial charge in [-0.25, -0.2) is 0 Å². The van der Waals surface area contributed by atoms with Gasteiger partial charge in [0.15, 0.2) is 0 Å². The Morgan fingerprint density at radius 2 is 2.29 bits per heavy atom. The Kier molecular flexibility index (Phi) is 3.47. The summed E-state index contributed by atoms with van der Waals surface area (Å²) < 4.78 is 0. The monoisotopic (exact) mass is 253 g/mol. The lowest BCUT2D eigenvalue weighted by Gasteiger charge is -2.14. The van der Waals surface area contributed by atoms with E-state index in [1.54, 1.807) is 16.2 Å². The molecule has 0 aromatic carbocycles. The maximum Gasteiger partial charge on any atom is 0.308 e. The number of aliphatic carboxylic acids is 1. The summed E-state index contributed by atoms with van der Waals surface area (Å²) in [4.78, 5) is 26.6. The third-order valence-electron chi connectivity index (χ3n) is 3.01. The van der Waals surface area contributed by atoms with Gasteiger partial charge in [-0.2, -0.15) is 0 Å². The van der Waals surface area contributed by atoms with Crippen LogP contribution in [0.1, 0.15) is 16.2 Å². The topological polar surface area (TPSA) is 57.6 Å². The molecular weight excluding hydrogens is 238 g/mol. The van der Waals surface area contributed by atoms with Crippen LogP contribution in [0.4, 0.5) is 0 Å². The van der Waals surface area contributed by atoms with E-state index in [1.807, 2.05) is 19.1 Å². The van der Waals surface area contributed by atoms with Gasteiger partial charge in [-0.05, 0) is 25.5 Å². The highest BCUT2D eigenvalue weighted by Gasteiger charge is 2.30. The van der Waals surface area contributed by atoms with Gasteiger partial charge >= 0.3 is 5.97 Å². The summed E-state index contributed by atoms with van der Waals surface area (Å²) in [7, 11) is 0. The molecule has 4 nitrogen and oxygen atoms in total. The molecule has 1 amide bonds. The fourth-order valence-corrected chi connectivity index (χ4v) is 2.91. The lowest BCUT2D eigenvalue weighted by atomic mass is 10.1. The summed E-state index contributed by atoms with van der Waals surface area (Å²) in [5.41, 5.74) is 0. The van der Waals surface area contributed by atoms with E-state index >= 15 is 0 Å². The molecule has 1 saturated heterocycles. The minimum absolute atomic E-state index is 0.0376. The Morgan fingerprint density at radius 1 is 1.53 bits per heavy atom. The Morgan fingerprint density at radius 3 is 2.82 bits per heavy atom. The van der Waals surface area contributed by atoms with Crippen LogP contribution in [0.25, 0.3) is 0 Å². The van der Waals surface area contributed by atoms with Crippen molar-refractivity contribution in [2.45, 2.75) is 19.8 Å². The second-order valence-corrected chi connectivity index (χ2v) is 5.73. The first-order valence-corrected chi connectivity index (χ1v) is 6.44. The first-order chi connectivity index (χ1) is 8.06. The van der Waals surface area contributed by atoms with Crippen LogP contribution in [-0.2, 0) is 16.0 Å². The molecule has 17 heavy (non-hydrogen) atoms. The lowest BCUT2D eigenvalue weighted by Crippen LogP contribution is -2.30. The number of carboxylic acids is 1. The summed E-state index contributed by atoms with van der Waals surface area (Å²) in [6, 6.07) is 3.96. The van der Waals surface area contributed by atoms with Crippen LogP contribution in [-0.4, -0.2) is 35.0 Å². The van der Waals surface area contributed by atoms with Crippen molar-refractivity contribution < 1.29 is 14.7 Å². The van der Waals surface area contributed by atoms with Gasteiger partial charge in [0.1, 0.15) is 0 Å². The van der Waals surface area contributed by atoms with Crippen LogP contribution in [0.5, 0.6) is 0 Å². The van der Waals surface area contributed by atoms with E-state index in [9.17, 15) is 9.59 Å². The van der Waals surface area contributed by atoms with Crippen LogP contribution >= 0.6 is 11.3 Å². The van der Waals surface area contributed by atoms with E-state index in [4.69, 9.17) is 5.11 Å². The van der Waals surface area contributed by atoms with Crippen molar-refractivity contribution in [1.82, 2.24) is 4.90 Å². The van der Waals surface area contributed by atoms with Gasteiger partial charge < -0.3 is 10.0 Å². The number of carbonyl (C=O) groups is 2. The Labute approximate surface area is 104 Å². The number of hydrogen-bond acceptors (Lipinski definition) is 3. The highest BCUT2D eigenvalue weighted by molar-refractivity contribution is 7.12. The van der Waals surface area contributed by atoms with Crippen LogP contribution in [0, 0.1) is 12.8 Å². The summed E-state index contributed by atoms with van der Waals surface area (Å²) in [6.07, 6.45) is 0.968. The highest BCUT2D eigenvalue weighted by Crippen LogP contribution is 2.20. The molecule has 1 unspecified atom stereocenters. The molecule has 1 aromatic heterocycles. The molecule has 1 N–H and O–H groups in total. The first-order valence-electron chi connectivity index (χ1n) is 5.62. The summed E-state index contributed by atoms with van der Waals surface area (Å²) in [5, 5.41) is 8.87. The number of carboxylic acid groups (broad SMARTS) is 1. The smallest absolute Gasteiger partial charge is 0.308 e. The van der Waals surface area contributed by atoms with Crippen molar-refractivity contribution in [3.63, 3.8) is 0 Å². The molecular formula is C12H15NO3S. The normalized spacial score (nSPS) is 19.6. The molecule has 2 rings (SSSR count). The predicted octanol–water partition coefficient (Wildman–Crippen LogP) is 1.53. The number of aryl methyl sites for hydroxylation is 1. The van der Waals surface area contributed by atoms with Crippen molar-refractivity contribution in [1.29, 1.82) is 0 Å². The molecule has 1 aliphatic rings. The summed E-state index contributed by atoms with van der Waals surface area (Å²) in [6.45, 7) is 2.94. The fourth-order valence-electron chi connectivity index (χ4n) is 2.03. The molecule has 0 radical (unpaired) electrons. The van der Waals surface area contributed by atoms with Gasteiger partial charge in [-0.1, -0.05) is 0 Å². The van der Waals surface area contributed by atoms with Crippen LogP contribution in [0.15, 0.2) is 12.1 Å².